The summed E-state index contributed by atoms with van der Waals surface area (Å²) in [4.78, 5) is 19.7. The minimum absolute atomic E-state index is 0.130. The van der Waals surface area contributed by atoms with Crippen molar-refractivity contribution in [2.45, 2.75) is 50.9 Å². The number of thiophene rings is 1. The maximum absolute atomic E-state index is 11.7. The van der Waals surface area contributed by atoms with Crippen molar-refractivity contribution in [1.82, 2.24) is 15.5 Å². The molecule has 1 aliphatic rings. The standard InChI is InChI=1S/C19H32N4OS/c1-4-20-18(21-13-10-17(24)23(2)3)22-15-19(11-6-5-7-12-19)16-9-8-14-25-16/h8-9,14H,4-7,10-13,15H2,1-3H3,(H2,20,21,22). The van der Waals surface area contributed by atoms with Gasteiger partial charge in [-0.2, -0.15) is 0 Å². The lowest BCUT2D eigenvalue weighted by molar-refractivity contribution is -0.128. The van der Waals surface area contributed by atoms with Crippen molar-refractivity contribution in [3.63, 3.8) is 0 Å². The molecule has 0 saturated heterocycles. The van der Waals surface area contributed by atoms with Gasteiger partial charge < -0.3 is 15.5 Å². The zero-order valence-electron chi connectivity index (χ0n) is 15.8. The van der Waals surface area contributed by atoms with Crippen LogP contribution in [0.15, 0.2) is 22.5 Å². The van der Waals surface area contributed by atoms with Crippen molar-refractivity contribution in [3.05, 3.63) is 22.4 Å². The highest BCUT2D eigenvalue weighted by molar-refractivity contribution is 7.10. The van der Waals surface area contributed by atoms with Crippen LogP contribution in [0.4, 0.5) is 0 Å². The van der Waals surface area contributed by atoms with Gasteiger partial charge in [0.2, 0.25) is 5.91 Å². The van der Waals surface area contributed by atoms with Crippen molar-refractivity contribution >= 4 is 23.2 Å². The average molecular weight is 365 g/mol. The fraction of sp³-hybridized carbons (Fsp3) is 0.684. The fourth-order valence-corrected chi connectivity index (χ4v) is 4.35. The van der Waals surface area contributed by atoms with Crippen LogP contribution >= 0.6 is 11.3 Å². The normalized spacial score (nSPS) is 17.2. The Morgan fingerprint density at radius 3 is 2.64 bits per heavy atom. The zero-order chi connectivity index (χ0) is 18.1. The van der Waals surface area contributed by atoms with Gasteiger partial charge in [0, 0.05) is 43.9 Å². The lowest BCUT2D eigenvalue weighted by Gasteiger charge is -2.35. The van der Waals surface area contributed by atoms with Crippen molar-refractivity contribution in [2.24, 2.45) is 4.99 Å². The molecule has 2 rings (SSSR count). The van der Waals surface area contributed by atoms with Crippen LogP contribution in [0.2, 0.25) is 0 Å². The lowest BCUT2D eigenvalue weighted by atomic mass is 9.73. The lowest BCUT2D eigenvalue weighted by Crippen LogP contribution is -2.41. The first-order valence-corrected chi connectivity index (χ1v) is 10.2. The van der Waals surface area contributed by atoms with Gasteiger partial charge >= 0.3 is 0 Å². The van der Waals surface area contributed by atoms with Crippen LogP contribution in [-0.2, 0) is 10.2 Å². The number of carbonyl (C=O) groups is 1. The van der Waals surface area contributed by atoms with E-state index in [2.05, 4.69) is 35.1 Å². The first-order chi connectivity index (χ1) is 12.1. The molecule has 1 aromatic rings. The van der Waals surface area contributed by atoms with E-state index >= 15 is 0 Å². The Bertz CT molecular complexity index is 548. The van der Waals surface area contributed by atoms with Gasteiger partial charge in [0.15, 0.2) is 5.96 Å². The number of rotatable bonds is 7. The molecule has 1 saturated carbocycles. The maximum Gasteiger partial charge on any atom is 0.223 e. The van der Waals surface area contributed by atoms with Gasteiger partial charge in [-0.25, -0.2) is 0 Å². The summed E-state index contributed by atoms with van der Waals surface area (Å²) < 4.78 is 0. The van der Waals surface area contributed by atoms with Crippen LogP contribution in [0.3, 0.4) is 0 Å². The molecule has 25 heavy (non-hydrogen) atoms. The second-order valence-electron chi connectivity index (χ2n) is 6.98. The number of aliphatic imine (C=N–C) groups is 1. The summed E-state index contributed by atoms with van der Waals surface area (Å²) >= 11 is 1.86. The Morgan fingerprint density at radius 1 is 1.28 bits per heavy atom. The monoisotopic (exact) mass is 364 g/mol. The molecule has 5 nitrogen and oxygen atoms in total. The smallest absolute Gasteiger partial charge is 0.223 e. The molecule has 0 aliphatic heterocycles. The SMILES string of the molecule is CCNC(=NCC1(c2cccs2)CCCCC1)NCCC(=O)N(C)C. The summed E-state index contributed by atoms with van der Waals surface area (Å²) in [5.74, 6) is 0.946. The Hall–Kier alpha value is -1.56. The summed E-state index contributed by atoms with van der Waals surface area (Å²) in [6.07, 6.45) is 6.82. The van der Waals surface area contributed by atoms with Crippen LogP contribution in [0.25, 0.3) is 0 Å². The van der Waals surface area contributed by atoms with Gasteiger partial charge in [-0.3, -0.25) is 9.79 Å². The van der Waals surface area contributed by atoms with E-state index in [9.17, 15) is 4.79 Å². The fourth-order valence-electron chi connectivity index (χ4n) is 3.37. The Balaban J connectivity index is 2.01. The highest BCUT2D eigenvalue weighted by Crippen LogP contribution is 2.41. The third kappa shape index (κ3) is 5.73. The quantitative estimate of drug-likeness (QED) is 0.578. The van der Waals surface area contributed by atoms with Crippen LogP contribution in [0, 0.1) is 0 Å². The number of amides is 1. The van der Waals surface area contributed by atoms with E-state index < -0.39 is 0 Å². The van der Waals surface area contributed by atoms with Gasteiger partial charge in [-0.15, -0.1) is 11.3 Å². The Labute approximate surface area is 155 Å². The topological polar surface area (TPSA) is 56.7 Å². The van der Waals surface area contributed by atoms with Gasteiger partial charge in [-0.1, -0.05) is 25.3 Å². The molecule has 0 radical (unpaired) electrons. The van der Waals surface area contributed by atoms with E-state index in [-0.39, 0.29) is 11.3 Å². The number of guanidine groups is 1. The second-order valence-corrected chi connectivity index (χ2v) is 7.93. The van der Waals surface area contributed by atoms with Gasteiger partial charge in [0.25, 0.3) is 0 Å². The molecule has 1 amide bonds. The number of hydrogen-bond acceptors (Lipinski definition) is 3. The van der Waals surface area contributed by atoms with E-state index in [0.717, 1.165) is 19.0 Å². The molecule has 1 fully saturated rings. The van der Waals surface area contributed by atoms with E-state index in [4.69, 9.17) is 4.99 Å². The number of nitrogens with zero attached hydrogens (tertiary/aromatic N) is 2. The van der Waals surface area contributed by atoms with Crippen LogP contribution < -0.4 is 10.6 Å². The molecule has 2 N–H and O–H groups in total. The highest BCUT2D eigenvalue weighted by atomic mass is 32.1. The average Bonchev–Trinajstić information content (AvgIpc) is 3.15. The molecule has 140 valence electrons. The first-order valence-electron chi connectivity index (χ1n) is 9.34. The van der Waals surface area contributed by atoms with Crippen molar-refractivity contribution in [2.75, 3.05) is 33.7 Å². The number of hydrogen-bond donors (Lipinski definition) is 2. The second kappa shape index (κ2) is 9.80. The van der Waals surface area contributed by atoms with E-state index in [1.165, 1.54) is 37.0 Å². The van der Waals surface area contributed by atoms with Crippen molar-refractivity contribution in [1.29, 1.82) is 0 Å². The molecule has 0 unspecified atom stereocenters. The number of carbonyl (C=O) groups excluding carboxylic acids is 1. The summed E-state index contributed by atoms with van der Waals surface area (Å²) in [7, 11) is 3.57. The Kier molecular flexibility index (Phi) is 7.75. The van der Waals surface area contributed by atoms with E-state index in [1.54, 1.807) is 19.0 Å². The molecule has 1 aromatic heterocycles. The Morgan fingerprint density at radius 2 is 2.04 bits per heavy atom. The van der Waals surface area contributed by atoms with Crippen molar-refractivity contribution in [3.8, 4) is 0 Å². The molecule has 6 heteroatoms. The minimum Gasteiger partial charge on any atom is -0.357 e. The molecule has 1 heterocycles. The third-order valence-corrected chi connectivity index (χ3v) is 5.98. The predicted molar refractivity (Wildman–Crippen MR) is 106 cm³/mol. The third-order valence-electron chi connectivity index (χ3n) is 4.87. The summed E-state index contributed by atoms with van der Waals surface area (Å²) in [6, 6.07) is 4.41. The molecular weight excluding hydrogens is 332 g/mol. The summed E-state index contributed by atoms with van der Waals surface area (Å²) in [5.41, 5.74) is 0.189. The maximum atomic E-state index is 11.7. The van der Waals surface area contributed by atoms with Crippen LogP contribution in [-0.4, -0.2) is 50.5 Å². The van der Waals surface area contributed by atoms with Gasteiger partial charge in [-0.05, 0) is 31.2 Å². The molecule has 0 atom stereocenters. The summed E-state index contributed by atoms with van der Waals surface area (Å²) in [5, 5.41) is 8.78. The van der Waals surface area contributed by atoms with Crippen molar-refractivity contribution < 1.29 is 4.79 Å². The molecule has 0 aromatic carbocycles. The van der Waals surface area contributed by atoms with E-state index in [1.807, 2.05) is 11.3 Å². The predicted octanol–water partition coefficient (Wildman–Crippen LogP) is 2.98. The van der Waals surface area contributed by atoms with Crippen LogP contribution in [0.5, 0.6) is 0 Å². The largest absolute Gasteiger partial charge is 0.357 e. The highest BCUT2D eigenvalue weighted by Gasteiger charge is 2.34. The van der Waals surface area contributed by atoms with Crippen LogP contribution in [0.1, 0.15) is 50.3 Å². The van der Waals surface area contributed by atoms with E-state index in [0.29, 0.717) is 13.0 Å². The van der Waals surface area contributed by atoms with Gasteiger partial charge in [0.05, 0.1) is 6.54 Å². The number of nitrogens with one attached hydrogen (secondary N) is 2. The first kappa shape index (κ1) is 19.8. The summed E-state index contributed by atoms with van der Waals surface area (Å²) in [6.45, 7) is 4.30. The van der Waals surface area contributed by atoms with Gasteiger partial charge in [0.1, 0.15) is 0 Å². The molecule has 1 aliphatic carbocycles. The molecular formula is C19H32N4OS. The minimum atomic E-state index is 0.130. The molecule has 0 spiro atoms. The zero-order valence-corrected chi connectivity index (χ0v) is 16.6. The molecule has 0 bridgehead atoms.